The second-order valence-corrected chi connectivity index (χ2v) is 10.9. The Bertz CT molecular complexity index is 1370. The molecule has 1 amide bonds. The summed E-state index contributed by atoms with van der Waals surface area (Å²) in [6.07, 6.45) is 5.63. The number of aliphatic imine (C=N–C) groups is 1. The van der Waals surface area contributed by atoms with Crippen LogP contribution in [0.2, 0.25) is 0 Å². The molecule has 0 spiro atoms. The highest BCUT2D eigenvalue weighted by Gasteiger charge is 2.59. The predicted molar refractivity (Wildman–Crippen MR) is 144 cm³/mol. The predicted octanol–water partition coefficient (Wildman–Crippen LogP) is 4.98. The minimum absolute atomic E-state index is 0.0950. The molecule has 1 N–H and O–H groups in total. The number of carbonyl (C=O) groups excluding carboxylic acids is 1. The van der Waals surface area contributed by atoms with Crippen molar-refractivity contribution < 1.29 is 28.6 Å². The van der Waals surface area contributed by atoms with Gasteiger partial charge in [0.2, 0.25) is 5.91 Å². The van der Waals surface area contributed by atoms with Gasteiger partial charge >= 0.3 is 5.97 Å². The van der Waals surface area contributed by atoms with E-state index in [2.05, 4.69) is 6.08 Å². The number of hydrogen-bond donors (Lipinski definition) is 1. The molecule has 2 aromatic carbocycles. The number of allylic oxidation sites excluding steroid dienone is 1. The van der Waals surface area contributed by atoms with Gasteiger partial charge in [-0.1, -0.05) is 18.2 Å². The number of nitrogens with zero attached hydrogens (tertiary/aromatic N) is 2. The van der Waals surface area contributed by atoms with Crippen LogP contribution in [0.3, 0.4) is 0 Å². The lowest BCUT2D eigenvalue weighted by molar-refractivity contribution is -0.139. The van der Waals surface area contributed by atoms with Crippen LogP contribution in [0.25, 0.3) is 5.57 Å². The van der Waals surface area contributed by atoms with Crippen LogP contribution >= 0.6 is 0 Å². The molecule has 2 fully saturated rings. The van der Waals surface area contributed by atoms with E-state index in [0.717, 1.165) is 60.3 Å². The first-order valence-electron chi connectivity index (χ1n) is 13.8. The molecule has 1 saturated carbocycles. The molecular weight excluding hydrogens is 499 g/mol. The van der Waals surface area contributed by atoms with E-state index >= 15 is 0 Å². The summed E-state index contributed by atoms with van der Waals surface area (Å²) in [5.41, 5.74) is 5.40. The van der Waals surface area contributed by atoms with Gasteiger partial charge in [0, 0.05) is 43.1 Å². The van der Waals surface area contributed by atoms with Gasteiger partial charge in [0.1, 0.15) is 18.2 Å². The van der Waals surface area contributed by atoms with Crippen molar-refractivity contribution in [3.05, 3.63) is 70.5 Å². The molecule has 204 valence electrons. The van der Waals surface area contributed by atoms with Crippen LogP contribution in [0.4, 0.5) is 4.39 Å². The van der Waals surface area contributed by atoms with Crippen LogP contribution < -0.4 is 4.74 Å². The maximum atomic E-state index is 14.7. The maximum absolute atomic E-state index is 14.7. The number of aliphatic carboxylic acids is 1. The summed E-state index contributed by atoms with van der Waals surface area (Å²) in [7, 11) is 0. The Labute approximate surface area is 227 Å². The maximum Gasteiger partial charge on any atom is 0.307 e. The molecule has 4 atom stereocenters. The van der Waals surface area contributed by atoms with Gasteiger partial charge in [0.25, 0.3) is 0 Å². The summed E-state index contributed by atoms with van der Waals surface area (Å²) in [5.74, 6) is -0.0757. The first-order chi connectivity index (χ1) is 18.9. The minimum Gasteiger partial charge on any atom is -0.489 e. The zero-order chi connectivity index (χ0) is 27.1. The van der Waals surface area contributed by atoms with Crippen molar-refractivity contribution in [3.63, 3.8) is 0 Å². The van der Waals surface area contributed by atoms with Crippen molar-refractivity contribution in [2.45, 2.75) is 57.8 Å². The van der Waals surface area contributed by atoms with Gasteiger partial charge in [-0.05, 0) is 78.6 Å². The van der Waals surface area contributed by atoms with Gasteiger partial charge in [0.15, 0.2) is 6.23 Å². The highest BCUT2D eigenvalue weighted by Crippen LogP contribution is 2.61. The fraction of sp³-hybridized carbons (Fsp3) is 0.452. The molecule has 6 rings (SSSR count). The number of likely N-dealkylation sites (tertiary alicyclic amines) is 1. The smallest absolute Gasteiger partial charge is 0.307 e. The van der Waals surface area contributed by atoms with Gasteiger partial charge in [-0.25, -0.2) is 4.39 Å². The van der Waals surface area contributed by atoms with Crippen molar-refractivity contribution in [1.82, 2.24) is 4.90 Å². The number of carboxylic acids is 1. The zero-order valence-corrected chi connectivity index (χ0v) is 22.1. The van der Waals surface area contributed by atoms with Gasteiger partial charge in [-0.2, -0.15) is 0 Å². The molecular formula is C31H33FN2O5. The number of hydrogen-bond acceptors (Lipinski definition) is 5. The molecule has 8 heteroatoms. The molecule has 1 unspecified atom stereocenters. The van der Waals surface area contributed by atoms with E-state index < -0.39 is 5.97 Å². The van der Waals surface area contributed by atoms with Crippen molar-refractivity contribution in [2.24, 2.45) is 16.8 Å². The number of carbonyl (C=O) groups is 2. The molecule has 2 aliphatic carbocycles. The SMILES string of the molecule is CC1=NC(OCCCN2CCCC2=O)CC=C1c1ccc(F)c(COc2ccc3c(c2)C[C@H]2[C@H](C(=O)O)[C@@H]32)c1. The Morgan fingerprint density at radius 1 is 1.23 bits per heavy atom. The van der Waals surface area contributed by atoms with E-state index in [1.807, 2.05) is 36.1 Å². The topological polar surface area (TPSA) is 88.4 Å². The van der Waals surface area contributed by atoms with Crippen LogP contribution in [-0.4, -0.2) is 53.5 Å². The molecule has 0 radical (unpaired) electrons. The highest BCUT2D eigenvalue weighted by atomic mass is 19.1. The summed E-state index contributed by atoms with van der Waals surface area (Å²) in [4.78, 5) is 29.7. The summed E-state index contributed by atoms with van der Waals surface area (Å²) in [6.45, 7) is 4.16. The Morgan fingerprint density at radius 2 is 2.10 bits per heavy atom. The van der Waals surface area contributed by atoms with Gasteiger partial charge in [-0.15, -0.1) is 0 Å². The summed E-state index contributed by atoms with van der Waals surface area (Å²) in [5, 5.41) is 9.32. The molecule has 0 aromatic heterocycles. The molecule has 7 nitrogen and oxygen atoms in total. The average Bonchev–Trinajstić information content (AvgIpc) is 3.28. The van der Waals surface area contributed by atoms with Gasteiger partial charge in [0.05, 0.1) is 12.5 Å². The van der Waals surface area contributed by atoms with Crippen LogP contribution in [0, 0.1) is 17.7 Å². The summed E-state index contributed by atoms with van der Waals surface area (Å²) in [6, 6.07) is 10.8. The van der Waals surface area contributed by atoms with Crippen LogP contribution in [0.1, 0.15) is 60.8 Å². The Kier molecular flexibility index (Phi) is 6.97. The van der Waals surface area contributed by atoms with E-state index in [1.165, 1.54) is 6.07 Å². The lowest BCUT2D eigenvalue weighted by Gasteiger charge is -2.21. The van der Waals surface area contributed by atoms with E-state index in [1.54, 1.807) is 6.07 Å². The standard InChI is InChI=1S/C31H33FN2O5/c1-18-23(8-10-27(33-18)38-13-3-12-34-11-2-4-28(34)35)19-5-9-26(32)21(14-19)17-39-22-6-7-24-20(15-22)16-25-29(24)30(25)31(36)37/h5-9,14-15,25,27,29-30H,2-4,10-13,16-17H2,1H3,(H,36,37)/t25-,27?,29+,30+/m1/s1. The molecule has 4 aliphatic rings. The molecule has 2 aliphatic heterocycles. The normalized spacial score (nSPS) is 25.2. The van der Waals surface area contributed by atoms with Gasteiger partial charge in [-0.3, -0.25) is 14.6 Å². The first-order valence-corrected chi connectivity index (χ1v) is 13.8. The molecule has 2 heterocycles. The second-order valence-electron chi connectivity index (χ2n) is 10.9. The Hall–Kier alpha value is -3.52. The number of fused-ring (bicyclic) bond motifs is 3. The average molecular weight is 533 g/mol. The molecule has 2 aromatic rings. The third-order valence-corrected chi connectivity index (χ3v) is 8.44. The molecule has 39 heavy (non-hydrogen) atoms. The van der Waals surface area contributed by atoms with E-state index in [4.69, 9.17) is 14.5 Å². The zero-order valence-electron chi connectivity index (χ0n) is 22.1. The lowest BCUT2D eigenvalue weighted by Crippen LogP contribution is -2.27. The van der Waals surface area contributed by atoms with E-state index in [9.17, 15) is 19.1 Å². The quantitative estimate of drug-likeness (QED) is 0.436. The van der Waals surface area contributed by atoms with Gasteiger partial charge < -0.3 is 19.5 Å². The number of benzene rings is 2. The largest absolute Gasteiger partial charge is 0.489 e. The first kappa shape index (κ1) is 25.7. The number of carboxylic acid groups (broad SMARTS) is 1. The summed E-state index contributed by atoms with van der Waals surface area (Å²) >= 11 is 0. The molecule has 0 bridgehead atoms. The van der Waals surface area contributed by atoms with E-state index in [-0.39, 0.29) is 42.3 Å². The Morgan fingerprint density at radius 3 is 2.87 bits per heavy atom. The van der Waals surface area contributed by atoms with E-state index in [0.29, 0.717) is 30.8 Å². The third-order valence-electron chi connectivity index (χ3n) is 8.44. The van der Waals surface area contributed by atoms with Crippen LogP contribution in [0.5, 0.6) is 5.75 Å². The number of dihydropyridines is 1. The second kappa shape index (κ2) is 10.6. The van der Waals surface area contributed by atoms with Crippen LogP contribution in [0.15, 0.2) is 47.5 Å². The number of ether oxygens (including phenoxy) is 2. The number of amides is 1. The fourth-order valence-corrected chi connectivity index (χ4v) is 6.38. The van der Waals surface area contributed by atoms with Crippen LogP contribution in [-0.2, 0) is 27.4 Å². The third kappa shape index (κ3) is 5.22. The minimum atomic E-state index is -0.714. The van der Waals surface area contributed by atoms with Crippen molar-refractivity contribution in [3.8, 4) is 5.75 Å². The van der Waals surface area contributed by atoms with Crippen molar-refractivity contribution in [1.29, 1.82) is 0 Å². The Balaban J connectivity index is 1.04. The number of halogens is 1. The number of rotatable bonds is 10. The summed E-state index contributed by atoms with van der Waals surface area (Å²) < 4.78 is 26.6. The van der Waals surface area contributed by atoms with Crippen molar-refractivity contribution in [2.75, 3.05) is 19.7 Å². The fourth-order valence-electron chi connectivity index (χ4n) is 6.38. The lowest BCUT2D eigenvalue weighted by atomic mass is 9.96. The highest BCUT2D eigenvalue weighted by molar-refractivity contribution is 6.23. The molecule has 1 saturated heterocycles. The van der Waals surface area contributed by atoms with Crippen molar-refractivity contribution >= 4 is 23.2 Å². The monoisotopic (exact) mass is 532 g/mol.